The molecule has 0 fully saturated rings. The average Bonchev–Trinajstić information content (AvgIpc) is 2.85. The van der Waals surface area contributed by atoms with E-state index in [4.69, 9.17) is 4.74 Å². The van der Waals surface area contributed by atoms with Gasteiger partial charge in [-0.05, 0) is 70.7 Å². The summed E-state index contributed by atoms with van der Waals surface area (Å²) in [5.74, 6) is 0.261. The smallest absolute Gasteiger partial charge is 0.174 e. The van der Waals surface area contributed by atoms with Gasteiger partial charge >= 0.3 is 0 Å². The Morgan fingerprint density at radius 2 is 1.81 bits per heavy atom. The number of hydrogen-bond donors (Lipinski definition) is 2. The molecule has 198 valence electrons. The van der Waals surface area contributed by atoms with E-state index >= 15 is 0 Å². The monoisotopic (exact) mass is 504 g/mol. The Balaban J connectivity index is 1.68. The minimum Gasteiger partial charge on any atom is -0.503 e. The molecule has 0 saturated carbocycles. The van der Waals surface area contributed by atoms with Gasteiger partial charge in [-0.2, -0.15) is 0 Å². The van der Waals surface area contributed by atoms with Crippen molar-refractivity contribution in [2.75, 3.05) is 25.5 Å². The van der Waals surface area contributed by atoms with E-state index in [9.17, 15) is 9.50 Å². The van der Waals surface area contributed by atoms with E-state index < -0.39 is 5.82 Å². The highest BCUT2D eigenvalue weighted by molar-refractivity contribution is 5.80. The summed E-state index contributed by atoms with van der Waals surface area (Å²) < 4.78 is 20.7. The molecule has 0 aromatic heterocycles. The van der Waals surface area contributed by atoms with Crippen LogP contribution < -0.4 is 10.1 Å². The Morgan fingerprint density at radius 1 is 1.11 bits per heavy atom. The maximum absolute atomic E-state index is 14.9. The largest absolute Gasteiger partial charge is 0.503 e. The van der Waals surface area contributed by atoms with Crippen molar-refractivity contribution in [3.05, 3.63) is 76.6 Å². The molecule has 0 bridgehead atoms. The van der Waals surface area contributed by atoms with Gasteiger partial charge < -0.3 is 15.2 Å². The number of hydrogen-bond acceptors (Lipinski definition) is 4. The van der Waals surface area contributed by atoms with Crippen molar-refractivity contribution in [2.24, 2.45) is 5.41 Å². The molecular formula is C32H41FN2O2. The van der Waals surface area contributed by atoms with E-state index in [0.29, 0.717) is 23.7 Å². The van der Waals surface area contributed by atoms with Crippen LogP contribution in [0.4, 0.5) is 10.1 Å². The number of fused-ring (bicyclic) bond motifs is 1. The predicted octanol–water partition coefficient (Wildman–Crippen LogP) is 7.91. The number of phenolic OH excluding ortho intramolecular Hbond substituents is 1. The zero-order valence-electron chi connectivity index (χ0n) is 23.3. The molecule has 4 rings (SSSR count). The van der Waals surface area contributed by atoms with Crippen molar-refractivity contribution in [1.29, 1.82) is 0 Å². The highest BCUT2D eigenvalue weighted by Crippen LogP contribution is 2.44. The van der Waals surface area contributed by atoms with Crippen LogP contribution in [-0.2, 0) is 13.0 Å². The molecule has 0 radical (unpaired) electrons. The lowest BCUT2D eigenvalue weighted by Gasteiger charge is -2.37. The first kappa shape index (κ1) is 27.0. The summed E-state index contributed by atoms with van der Waals surface area (Å²) in [7, 11) is 1.65. The maximum atomic E-state index is 14.9. The van der Waals surface area contributed by atoms with Gasteiger partial charge in [0.2, 0.25) is 0 Å². The van der Waals surface area contributed by atoms with Gasteiger partial charge in [0.25, 0.3) is 0 Å². The number of nitrogens with one attached hydrogen (secondary N) is 1. The quantitative estimate of drug-likeness (QED) is 0.321. The van der Waals surface area contributed by atoms with Crippen LogP contribution in [0.25, 0.3) is 11.1 Å². The number of methoxy groups -OCH3 is 1. The van der Waals surface area contributed by atoms with E-state index in [0.717, 1.165) is 30.8 Å². The average molecular weight is 505 g/mol. The Morgan fingerprint density at radius 3 is 2.43 bits per heavy atom. The van der Waals surface area contributed by atoms with Crippen molar-refractivity contribution in [2.45, 2.75) is 66.5 Å². The molecule has 0 aliphatic carbocycles. The molecule has 4 nitrogen and oxygen atoms in total. The normalized spacial score (nSPS) is 16.1. The second-order valence-electron chi connectivity index (χ2n) is 11.8. The van der Waals surface area contributed by atoms with Crippen molar-refractivity contribution in [1.82, 2.24) is 4.90 Å². The fourth-order valence-electron chi connectivity index (χ4n) is 5.13. The molecule has 3 aromatic rings. The standard InChI is InChI=1S/C32H41FN2O2/c1-20(2)23-10-8-22(9-11-23)18-35-15-14-26-25(21(35)3)12-13-29(37-7)30(26)24-16-27(33)31(36)28(17-24)34-19-32(4,5)6/h8-13,16-17,20-21,34,36H,14-15,18-19H2,1-7H3/t21-/m1/s1. The van der Waals surface area contributed by atoms with Crippen molar-refractivity contribution in [3.63, 3.8) is 0 Å². The summed E-state index contributed by atoms with van der Waals surface area (Å²) in [5, 5.41) is 13.7. The SMILES string of the molecule is COc1ccc2c(c1-c1cc(F)c(O)c(NCC(C)(C)C)c1)CCN(Cc1ccc(C(C)C)cc1)[C@@H]2C. The molecule has 0 amide bonds. The lowest BCUT2D eigenvalue weighted by molar-refractivity contribution is 0.189. The summed E-state index contributed by atoms with van der Waals surface area (Å²) in [4.78, 5) is 2.50. The first-order valence-corrected chi connectivity index (χ1v) is 13.3. The predicted molar refractivity (Wildman–Crippen MR) is 151 cm³/mol. The minimum absolute atomic E-state index is 0.0173. The zero-order valence-corrected chi connectivity index (χ0v) is 23.3. The lowest BCUT2D eigenvalue weighted by atomic mass is 9.86. The van der Waals surface area contributed by atoms with Gasteiger partial charge in [0.05, 0.1) is 12.8 Å². The topological polar surface area (TPSA) is 44.7 Å². The number of ether oxygens (including phenoxy) is 1. The second-order valence-corrected chi connectivity index (χ2v) is 11.8. The van der Waals surface area contributed by atoms with E-state index in [1.165, 1.54) is 28.3 Å². The number of benzene rings is 3. The highest BCUT2D eigenvalue weighted by atomic mass is 19.1. The summed E-state index contributed by atoms with van der Waals surface area (Å²) in [6.45, 7) is 15.4. The third kappa shape index (κ3) is 5.93. The molecule has 37 heavy (non-hydrogen) atoms. The van der Waals surface area contributed by atoms with E-state index in [-0.39, 0.29) is 17.2 Å². The molecule has 0 unspecified atom stereocenters. The molecule has 1 heterocycles. The molecule has 1 atom stereocenters. The molecule has 0 spiro atoms. The number of aromatic hydroxyl groups is 1. The second kappa shape index (κ2) is 10.7. The van der Waals surface area contributed by atoms with Gasteiger partial charge in [0.1, 0.15) is 5.75 Å². The van der Waals surface area contributed by atoms with E-state index in [1.54, 1.807) is 7.11 Å². The van der Waals surface area contributed by atoms with E-state index in [1.807, 2.05) is 12.1 Å². The van der Waals surface area contributed by atoms with Crippen LogP contribution in [0.2, 0.25) is 0 Å². The Labute approximate surface area is 221 Å². The number of rotatable bonds is 7. The minimum atomic E-state index is -0.635. The zero-order chi connectivity index (χ0) is 26.9. The van der Waals surface area contributed by atoms with Gasteiger partial charge in [-0.25, -0.2) is 4.39 Å². The summed E-state index contributed by atoms with van der Waals surface area (Å²) >= 11 is 0. The number of halogens is 1. The van der Waals surface area contributed by atoms with Crippen LogP contribution in [0.15, 0.2) is 48.5 Å². The summed E-state index contributed by atoms with van der Waals surface area (Å²) in [6, 6.07) is 16.5. The number of phenols is 1. The Hall–Kier alpha value is -3.05. The molecular weight excluding hydrogens is 463 g/mol. The van der Waals surface area contributed by atoms with Crippen molar-refractivity contribution < 1.29 is 14.2 Å². The Kier molecular flexibility index (Phi) is 7.84. The number of nitrogens with zero attached hydrogens (tertiary/aromatic N) is 1. The summed E-state index contributed by atoms with van der Waals surface area (Å²) in [6.07, 6.45) is 0.837. The van der Waals surface area contributed by atoms with Crippen molar-refractivity contribution in [3.8, 4) is 22.6 Å². The van der Waals surface area contributed by atoms with Gasteiger partial charge in [0.15, 0.2) is 11.6 Å². The highest BCUT2D eigenvalue weighted by Gasteiger charge is 2.28. The van der Waals surface area contributed by atoms with Crippen LogP contribution in [0, 0.1) is 11.2 Å². The molecule has 1 aliphatic heterocycles. The van der Waals surface area contributed by atoms with Crippen LogP contribution in [-0.4, -0.2) is 30.2 Å². The third-order valence-electron chi connectivity index (χ3n) is 7.37. The lowest BCUT2D eigenvalue weighted by Crippen LogP contribution is -2.33. The van der Waals surface area contributed by atoms with Gasteiger partial charge in [-0.3, -0.25) is 4.90 Å². The van der Waals surface area contributed by atoms with Crippen molar-refractivity contribution >= 4 is 5.69 Å². The van der Waals surface area contributed by atoms with Crippen LogP contribution in [0.1, 0.15) is 75.8 Å². The van der Waals surface area contributed by atoms with Gasteiger partial charge in [-0.1, -0.05) is 65.0 Å². The van der Waals surface area contributed by atoms with Crippen LogP contribution in [0.3, 0.4) is 0 Å². The third-order valence-corrected chi connectivity index (χ3v) is 7.37. The number of anilines is 1. The first-order chi connectivity index (χ1) is 17.5. The first-order valence-electron chi connectivity index (χ1n) is 13.3. The molecule has 2 N–H and O–H groups in total. The molecule has 5 heteroatoms. The molecule has 3 aromatic carbocycles. The maximum Gasteiger partial charge on any atom is 0.174 e. The fourth-order valence-corrected chi connectivity index (χ4v) is 5.13. The summed E-state index contributed by atoms with van der Waals surface area (Å²) in [5.41, 5.74) is 7.09. The van der Waals surface area contributed by atoms with Gasteiger partial charge in [-0.15, -0.1) is 0 Å². The van der Waals surface area contributed by atoms with Crippen LogP contribution >= 0.6 is 0 Å². The fraction of sp³-hybridized carbons (Fsp3) is 0.438. The van der Waals surface area contributed by atoms with Gasteiger partial charge in [0, 0.05) is 31.2 Å². The molecule has 0 saturated heterocycles. The Bertz CT molecular complexity index is 1250. The van der Waals surface area contributed by atoms with E-state index in [2.05, 4.69) is 82.1 Å². The van der Waals surface area contributed by atoms with Crippen LogP contribution in [0.5, 0.6) is 11.5 Å². The molecule has 1 aliphatic rings.